The maximum Gasteiger partial charge on any atom is 0.332 e. The van der Waals surface area contributed by atoms with E-state index >= 15 is 0 Å². The number of hydrogen-bond donors (Lipinski definition) is 0. The van der Waals surface area contributed by atoms with Crippen molar-refractivity contribution in [2.45, 2.75) is 511 Å². The lowest BCUT2D eigenvalue weighted by Gasteiger charge is -2.23. The predicted molar refractivity (Wildman–Crippen MR) is 618 cm³/mol. The van der Waals surface area contributed by atoms with E-state index in [9.17, 15) is 24.0 Å². The van der Waals surface area contributed by atoms with E-state index < -0.39 is 6.10 Å². The van der Waals surface area contributed by atoms with Gasteiger partial charge in [0.05, 0.1) is 80.4 Å². The molecule has 0 saturated carbocycles. The molecule has 5 rings (SSSR count). The summed E-state index contributed by atoms with van der Waals surface area (Å²) in [6.07, 6.45) is 74.6. The molecular weight excluding hydrogens is 1820 g/mol. The topological polar surface area (TPSA) is 197 Å². The van der Waals surface area contributed by atoms with E-state index in [0.29, 0.717) is 48.8 Å². The number of allylic oxidation sites excluding steroid dienone is 15. The third-order valence-corrected chi connectivity index (χ3v) is 28.0. The van der Waals surface area contributed by atoms with Crippen molar-refractivity contribution in [1.82, 2.24) is 0 Å². The number of methoxy groups -OCH3 is 4. The summed E-state index contributed by atoms with van der Waals surface area (Å²) in [5.41, 5.74) is 12.5. The maximum atomic E-state index is 11.5. The summed E-state index contributed by atoms with van der Waals surface area (Å²) in [6, 6.07) is 17.4. The molecule has 3 aliphatic heterocycles. The Morgan fingerprint density at radius 1 is 0.473 bits per heavy atom. The van der Waals surface area contributed by atoms with Crippen LogP contribution in [0.3, 0.4) is 0 Å². The molecule has 3 saturated heterocycles. The van der Waals surface area contributed by atoms with Crippen LogP contribution >= 0.6 is 0 Å². The maximum absolute atomic E-state index is 11.5. The molecule has 12 unspecified atom stereocenters. The van der Waals surface area contributed by atoms with Crippen molar-refractivity contribution in [2.24, 2.45) is 41.4 Å². The van der Waals surface area contributed by atoms with Gasteiger partial charge in [0.25, 0.3) is 0 Å². The molecule has 0 spiro atoms. The lowest BCUT2D eigenvalue weighted by molar-refractivity contribution is -0.141. The Kier molecular flexibility index (Phi) is 79.9. The Balaban J connectivity index is 0. The molecule has 12 atom stereocenters. The molecule has 0 radical (unpaired) electrons. The fourth-order valence-corrected chi connectivity index (χ4v) is 16.6. The minimum absolute atomic E-state index is 0.0222. The van der Waals surface area contributed by atoms with Gasteiger partial charge in [-0.1, -0.05) is 293 Å². The van der Waals surface area contributed by atoms with Crippen LogP contribution in [-0.4, -0.2) is 131 Å². The van der Waals surface area contributed by atoms with Crippen molar-refractivity contribution in [1.29, 1.82) is 0 Å². The molecule has 0 amide bonds. The number of carbonyl (C=O) groups is 5. The summed E-state index contributed by atoms with van der Waals surface area (Å²) in [5.74, 6) is 7.13. The van der Waals surface area contributed by atoms with Gasteiger partial charge >= 0.3 is 29.8 Å². The molecule has 0 aromatic heterocycles. The van der Waals surface area contributed by atoms with Crippen molar-refractivity contribution in [3.63, 3.8) is 0 Å². The molecule has 0 aliphatic carbocycles. The van der Waals surface area contributed by atoms with Gasteiger partial charge in [0.15, 0.2) is 6.10 Å². The molecular formula is C130H218O16. The number of carbonyl (C=O) groups excluding carboxylic acids is 5. The zero-order valence-electron chi connectivity index (χ0n) is 99.8. The zero-order valence-corrected chi connectivity index (χ0v) is 99.8. The molecule has 0 N–H and O–H groups in total. The smallest absolute Gasteiger partial charge is 0.332 e. The first-order chi connectivity index (χ1) is 69.0. The van der Waals surface area contributed by atoms with Crippen LogP contribution in [0.15, 0.2) is 167 Å². The molecule has 16 nitrogen and oxygen atoms in total. The first-order valence-electron chi connectivity index (χ1n) is 56.8. The summed E-state index contributed by atoms with van der Waals surface area (Å²) < 4.78 is 58.0. The zero-order chi connectivity index (χ0) is 111. The van der Waals surface area contributed by atoms with Crippen LogP contribution in [0.1, 0.15) is 449 Å². The van der Waals surface area contributed by atoms with Crippen LogP contribution in [0.4, 0.5) is 0 Å². The second-order valence-electron chi connectivity index (χ2n) is 44.5. The number of epoxide rings is 3. The fraction of sp³-hybridized carbons (Fsp3) is 0.700. The van der Waals surface area contributed by atoms with E-state index in [1.165, 1.54) is 183 Å². The second-order valence-corrected chi connectivity index (χ2v) is 44.5. The Labute approximate surface area is 896 Å². The molecule has 16 heteroatoms. The predicted octanol–water partition coefficient (Wildman–Crippen LogP) is 35.0. The standard InChI is InChI=1S/C20H32O2.C19H32O3.C19H34O3.C19H30O2.C19H32O.C17H28O3.C17H30O2/c1-5-16-8-11-18(12-9-16)21-15-14-17(6-2)10-13-19-20(4,7-3)22-19;1-6-16(11-8-10-15(3)14-18(20)21-5)12-9-13-17-19(4,7-2)22-17;1-15(2)22-18(20)14-17(4)11-8-10-16(3)12-9-13-19(5,6)21-7;1-7-18(6)21-19(20)14-17(5)13-9-12-16(4)11-8-10-15(2)3;1-16(9-7-15-19(3,4)20-5)8-6-10-18-13-11-17(2)12-14-18;1-5-15(10-7-11-16-14(3)20-16)9-6-8-13(2)12-17(18)19-4;1-6-19-17(18)13-16(5)12-8-11-15(4)10-7-9-14(2)3/h8-9,11-12,17,19H,5-7,10,13-15H2,1-4H3;11,14,17H,6-10,12-13H2,1-5H3;8,11,14-16H,9-10,12-13H2,1-7H3;1,9,13-16,18H,8,10-12H2,2-6H3;11-14,16H,6-10,15H2,1-5H3;9,12,14,16H,5-8,10-11H2,1-4H3;8,12-15H,6-7,9-11H2,1-5H3/b;15-14+,16-11+;11-8+,17-14+;13-9+,17-14+;;13-12+,15-9+;12-8+,16-13+. The van der Waals surface area contributed by atoms with Crippen LogP contribution in [0.25, 0.3) is 0 Å². The SMILES string of the molecule is C#CC(C)OC(=O)/C=C(C)/C=C/CC(C)CCCC(C)C.CC/C(=C\CC/C(C)=C/C(=O)OC)CCCC1OC1(C)CC.CC/C(=C\CC/C(C)=C/C(=O)OC)CCCC1OC1C.CCOC(=O)/C=C(C)/C=C/CC(C)CCCC(C)C.CCc1ccc(OCCC(CC)CCC2OC2(C)CC)cc1.COC(C)(C)CCCC(C)C/C=C/C(C)=C/C(=O)OC(C)C.COC(C)(C)CCCC(C)CCCc1ccc(C)cc1. The number of aryl methyl sites for hydroxylation is 3. The quantitative estimate of drug-likeness (QED) is 0.0115. The number of rotatable bonds is 66. The van der Waals surface area contributed by atoms with Gasteiger partial charge in [-0.05, 0) is 360 Å². The summed E-state index contributed by atoms with van der Waals surface area (Å²) >= 11 is 0. The molecule has 3 fully saturated rings. The summed E-state index contributed by atoms with van der Waals surface area (Å²) in [5, 5.41) is 0. The van der Waals surface area contributed by atoms with Crippen molar-refractivity contribution in [3.8, 4) is 18.1 Å². The molecule has 2 aromatic carbocycles. The van der Waals surface area contributed by atoms with E-state index in [1.807, 2.05) is 80.7 Å². The Morgan fingerprint density at radius 2 is 0.884 bits per heavy atom. The molecule has 146 heavy (non-hydrogen) atoms. The third kappa shape index (κ3) is 78.5. The van der Waals surface area contributed by atoms with E-state index in [2.05, 4.69) is 247 Å². The average molecular weight is 2040 g/mol. The van der Waals surface area contributed by atoms with Gasteiger partial charge in [-0.3, -0.25) is 0 Å². The highest BCUT2D eigenvalue weighted by Crippen LogP contribution is 2.44. The van der Waals surface area contributed by atoms with Crippen LogP contribution in [0, 0.1) is 60.7 Å². The number of hydrogen-bond acceptors (Lipinski definition) is 16. The van der Waals surface area contributed by atoms with E-state index in [-0.39, 0.29) is 58.4 Å². The summed E-state index contributed by atoms with van der Waals surface area (Å²) in [7, 11) is 6.40. The van der Waals surface area contributed by atoms with E-state index in [1.54, 1.807) is 38.3 Å². The third-order valence-electron chi connectivity index (χ3n) is 28.0. The van der Waals surface area contributed by atoms with Gasteiger partial charge in [-0.15, -0.1) is 6.42 Å². The van der Waals surface area contributed by atoms with Crippen LogP contribution in [-0.2, 0) is 84.2 Å². The van der Waals surface area contributed by atoms with Crippen molar-refractivity contribution >= 4 is 29.8 Å². The van der Waals surface area contributed by atoms with Crippen molar-refractivity contribution in [3.05, 3.63) is 183 Å². The number of terminal acetylenes is 1. The van der Waals surface area contributed by atoms with Gasteiger partial charge in [0.1, 0.15) is 5.75 Å². The molecule has 3 heterocycles. The summed E-state index contributed by atoms with van der Waals surface area (Å²) in [4.78, 5) is 56.4. The number of esters is 5. The average Bonchev–Trinajstić information content (AvgIpc) is 1.65. The highest BCUT2D eigenvalue weighted by Gasteiger charge is 2.50. The van der Waals surface area contributed by atoms with E-state index in [4.69, 9.17) is 49.1 Å². The number of ether oxygens (including phenoxy) is 11. The van der Waals surface area contributed by atoms with Gasteiger partial charge < -0.3 is 52.1 Å². The van der Waals surface area contributed by atoms with Crippen LogP contribution < -0.4 is 4.74 Å². The van der Waals surface area contributed by atoms with Crippen LogP contribution in [0.5, 0.6) is 5.75 Å². The van der Waals surface area contributed by atoms with Crippen molar-refractivity contribution in [2.75, 3.05) is 41.7 Å². The number of benzene rings is 2. The fourth-order valence-electron chi connectivity index (χ4n) is 16.6. The Hall–Kier alpha value is -7.65. The lowest BCUT2D eigenvalue weighted by Crippen LogP contribution is -2.22. The largest absolute Gasteiger partial charge is 0.494 e. The van der Waals surface area contributed by atoms with Gasteiger partial charge in [0, 0.05) is 44.6 Å². The minimum Gasteiger partial charge on any atom is -0.494 e. The van der Waals surface area contributed by atoms with Gasteiger partial charge in [-0.25, -0.2) is 24.0 Å². The van der Waals surface area contributed by atoms with Crippen molar-refractivity contribution < 1.29 is 76.1 Å². The first kappa shape index (κ1) is 140. The van der Waals surface area contributed by atoms with Gasteiger partial charge in [-0.2, -0.15) is 0 Å². The highest BCUT2D eigenvalue weighted by molar-refractivity contribution is 5.85. The Bertz CT molecular complexity index is 4150. The van der Waals surface area contributed by atoms with Crippen LogP contribution in [0.2, 0.25) is 0 Å². The van der Waals surface area contributed by atoms with E-state index in [0.717, 1.165) is 167 Å². The molecule has 2 aromatic rings. The Morgan fingerprint density at radius 3 is 1.27 bits per heavy atom. The van der Waals surface area contributed by atoms with Gasteiger partial charge in [0.2, 0.25) is 0 Å². The minimum atomic E-state index is -0.480. The first-order valence-corrected chi connectivity index (χ1v) is 56.8. The monoisotopic (exact) mass is 2040 g/mol. The second kappa shape index (κ2) is 83.0. The summed E-state index contributed by atoms with van der Waals surface area (Å²) in [6.45, 7) is 67.0. The highest BCUT2D eigenvalue weighted by atomic mass is 16.6. The normalized spacial score (nSPS) is 18.7. The molecule has 834 valence electrons. The lowest BCUT2D eigenvalue weighted by atomic mass is 9.93. The molecule has 0 bridgehead atoms. The molecule has 3 aliphatic rings.